The van der Waals surface area contributed by atoms with E-state index < -0.39 is 15.6 Å². The standard InChI is InChI=1S/C7H6Cl6/c8-2-1-3(9)6(12)7(13,4(1)10)5(2)11/h1-6H. The molecular weight excluding hydrogens is 297 g/mol. The van der Waals surface area contributed by atoms with Crippen LogP contribution in [-0.4, -0.2) is 31.8 Å². The van der Waals surface area contributed by atoms with Crippen molar-refractivity contribution in [2.75, 3.05) is 0 Å². The van der Waals surface area contributed by atoms with Gasteiger partial charge in [0.25, 0.3) is 0 Å². The molecule has 0 aliphatic heterocycles. The van der Waals surface area contributed by atoms with Crippen LogP contribution in [0.1, 0.15) is 0 Å². The topological polar surface area (TPSA) is 0 Å². The summed E-state index contributed by atoms with van der Waals surface area (Å²) in [5, 5.41) is -1.76. The van der Waals surface area contributed by atoms with Gasteiger partial charge in [-0.05, 0) is 0 Å². The Kier molecular flexibility index (Phi) is 2.91. The molecule has 76 valence electrons. The molecule has 2 aliphatic rings. The van der Waals surface area contributed by atoms with Crippen LogP contribution in [-0.2, 0) is 0 Å². The van der Waals surface area contributed by atoms with Gasteiger partial charge in [-0.1, -0.05) is 0 Å². The summed E-state index contributed by atoms with van der Waals surface area (Å²) in [6.07, 6.45) is 0. The van der Waals surface area contributed by atoms with Crippen molar-refractivity contribution in [3.8, 4) is 0 Å². The van der Waals surface area contributed by atoms with E-state index >= 15 is 0 Å². The highest BCUT2D eigenvalue weighted by Crippen LogP contribution is 2.61. The van der Waals surface area contributed by atoms with Crippen LogP contribution < -0.4 is 0 Å². The van der Waals surface area contributed by atoms with E-state index in [2.05, 4.69) is 0 Å². The predicted molar refractivity (Wildman–Crippen MR) is 60.3 cm³/mol. The largest absolute Gasteiger partial charge is 0.121 e. The number of alkyl halides is 6. The lowest BCUT2D eigenvalue weighted by atomic mass is 9.98. The van der Waals surface area contributed by atoms with Crippen molar-refractivity contribution in [2.24, 2.45) is 5.92 Å². The zero-order valence-corrected chi connectivity index (χ0v) is 10.8. The van der Waals surface area contributed by atoms with Crippen molar-refractivity contribution in [3.05, 3.63) is 0 Å². The third-order valence-corrected chi connectivity index (χ3v) is 7.20. The number of hydrogen-bond donors (Lipinski definition) is 0. The number of fused-ring (bicyclic) bond motifs is 2. The predicted octanol–water partition coefficient (Wildman–Crippen LogP) is 3.64. The molecule has 5 atom stereocenters. The van der Waals surface area contributed by atoms with E-state index in [1.54, 1.807) is 0 Å². The second-order valence-corrected chi connectivity index (χ2v) is 6.57. The van der Waals surface area contributed by atoms with Gasteiger partial charge in [-0.2, -0.15) is 0 Å². The van der Waals surface area contributed by atoms with Gasteiger partial charge >= 0.3 is 0 Å². The molecule has 0 saturated heterocycles. The molecule has 0 N–H and O–H groups in total. The van der Waals surface area contributed by atoms with Gasteiger partial charge in [-0.15, -0.1) is 69.6 Å². The smallest absolute Gasteiger partial charge is 0.0967 e. The first-order valence-corrected chi connectivity index (χ1v) is 6.37. The lowest BCUT2D eigenvalue weighted by Crippen LogP contribution is -2.48. The quantitative estimate of drug-likeness (QED) is 0.599. The summed E-state index contributed by atoms with van der Waals surface area (Å²) < 4.78 is 0. The highest BCUT2D eigenvalue weighted by molar-refractivity contribution is 6.48. The molecule has 2 saturated carbocycles. The zero-order chi connectivity index (χ0) is 9.96. The van der Waals surface area contributed by atoms with Crippen LogP contribution in [0.5, 0.6) is 0 Å². The Labute approximate surface area is 107 Å². The molecule has 2 rings (SSSR count). The van der Waals surface area contributed by atoms with E-state index in [1.165, 1.54) is 0 Å². The molecule has 5 unspecified atom stereocenters. The molecule has 13 heavy (non-hydrogen) atoms. The van der Waals surface area contributed by atoms with E-state index in [4.69, 9.17) is 69.6 Å². The van der Waals surface area contributed by atoms with Crippen molar-refractivity contribution in [2.45, 2.75) is 31.8 Å². The van der Waals surface area contributed by atoms with Crippen molar-refractivity contribution in [1.82, 2.24) is 0 Å². The summed E-state index contributed by atoms with van der Waals surface area (Å²) >= 11 is 36.6. The maximum atomic E-state index is 6.27. The summed E-state index contributed by atoms with van der Waals surface area (Å²) in [5.41, 5.74) is 0. The maximum Gasteiger partial charge on any atom is 0.0967 e. The van der Waals surface area contributed by atoms with Crippen LogP contribution in [0.3, 0.4) is 0 Å². The van der Waals surface area contributed by atoms with Gasteiger partial charge in [0.05, 0.1) is 31.8 Å². The average molecular weight is 303 g/mol. The molecule has 6 heteroatoms. The molecule has 0 spiro atoms. The van der Waals surface area contributed by atoms with Crippen LogP contribution in [0.2, 0.25) is 0 Å². The van der Waals surface area contributed by atoms with Crippen molar-refractivity contribution < 1.29 is 0 Å². The van der Waals surface area contributed by atoms with E-state index in [-0.39, 0.29) is 22.0 Å². The van der Waals surface area contributed by atoms with Crippen molar-refractivity contribution in [3.63, 3.8) is 0 Å². The Morgan fingerprint density at radius 2 is 1.08 bits per heavy atom. The summed E-state index contributed by atoms with van der Waals surface area (Å²) in [6.45, 7) is 0. The van der Waals surface area contributed by atoms with Crippen LogP contribution in [0.15, 0.2) is 0 Å². The summed E-state index contributed by atoms with van der Waals surface area (Å²) in [6, 6.07) is 0. The molecule has 0 nitrogen and oxygen atoms in total. The van der Waals surface area contributed by atoms with E-state index in [0.717, 1.165) is 0 Å². The SMILES string of the molecule is ClC1C2C(Cl)C(Cl)C(Cl)(C1Cl)C2Cl. The van der Waals surface area contributed by atoms with Gasteiger partial charge in [0, 0.05) is 5.92 Å². The molecule has 2 aliphatic carbocycles. The first kappa shape index (κ1) is 11.2. The molecular formula is C7H6Cl6. The first-order chi connectivity index (χ1) is 5.92. The Hall–Kier alpha value is 1.74. The van der Waals surface area contributed by atoms with E-state index in [1.807, 2.05) is 0 Å². The second kappa shape index (κ2) is 3.37. The highest BCUT2D eigenvalue weighted by atomic mass is 35.5. The Morgan fingerprint density at radius 1 is 0.692 bits per heavy atom. The first-order valence-electron chi connectivity index (χ1n) is 3.81. The van der Waals surface area contributed by atoms with E-state index in [9.17, 15) is 0 Å². The number of hydrogen-bond acceptors (Lipinski definition) is 0. The summed E-state index contributed by atoms with van der Waals surface area (Å²) in [4.78, 5) is -0.867. The van der Waals surface area contributed by atoms with Gasteiger partial charge < -0.3 is 0 Å². The maximum absolute atomic E-state index is 6.27. The van der Waals surface area contributed by atoms with Gasteiger partial charge in [0.2, 0.25) is 0 Å². The molecule has 2 bridgehead atoms. The monoisotopic (exact) mass is 300 g/mol. The molecule has 2 fully saturated rings. The fraction of sp³-hybridized carbons (Fsp3) is 1.00. The Morgan fingerprint density at radius 3 is 1.31 bits per heavy atom. The minimum Gasteiger partial charge on any atom is -0.121 e. The summed E-state index contributed by atoms with van der Waals surface area (Å²) in [5.74, 6) is -0.104. The lowest BCUT2D eigenvalue weighted by molar-refractivity contribution is 0.523. The third kappa shape index (κ3) is 1.20. The van der Waals surface area contributed by atoms with Crippen LogP contribution in [0.25, 0.3) is 0 Å². The molecule has 0 aromatic carbocycles. The number of halogens is 6. The zero-order valence-electron chi connectivity index (χ0n) is 6.23. The fourth-order valence-electron chi connectivity index (χ4n) is 2.13. The third-order valence-electron chi connectivity index (χ3n) is 2.90. The van der Waals surface area contributed by atoms with Crippen LogP contribution in [0, 0.1) is 5.92 Å². The van der Waals surface area contributed by atoms with Crippen LogP contribution >= 0.6 is 69.6 Å². The molecule has 0 amide bonds. The van der Waals surface area contributed by atoms with Gasteiger partial charge in [-0.25, -0.2) is 0 Å². The van der Waals surface area contributed by atoms with Crippen molar-refractivity contribution in [1.29, 1.82) is 0 Å². The average Bonchev–Trinajstić information content (AvgIpc) is 2.35. The fourth-order valence-corrected chi connectivity index (χ4v) is 5.58. The Balaban J connectivity index is 2.42. The second-order valence-electron chi connectivity index (χ2n) is 3.50. The number of rotatable bonds is 0. The van der Waals surface area contributed by atoms with Gasteiger partial charge in [-0.3, -0.25) is 0 Å². The minimum atomic E-state index is -0.867. The molecule has 0 radical (unpaired) electrons. The van der Waals surface area contributed by atoms with Crippen LogP contribution in [0.4, 0.5) is 0 Å². The molecule has 0 aromatic heterocycles. The summed E-state index contributed by atoms with van der Waals surface area (Å²) in [7, 11) is 0. The van der Waals surface area contributed by atoms with E-state index in [0.29, 0.717) is 0 Å². The minimum absolute atomic E-state index is 0.104. The lowest BCUT2D eigenvalue weighted by Gasteiger charge is -2.34. The molecule has 0 aromatic rings. The molecule has 0 heterocycles. The van der Waals surface area contributed by atoms with Gasteiger partial charge in [0.1, 0.15) is 0 Å². The van der Waals surface area contributed by atoms with Gasteiger partial charge in [0.15, 0.2) is 0 Å². The van der Waals surface area contributed by atoms with Crippen molar-refractivity contribution >= 4 is 69.6 Å². The Bertz CT molecular complexity index is 215. The highest BCUT2D eigenvalue weighted by Gasteiger charge is 2.71. The normalized spacial score (nSPS) is 66.0.